The summed E-state index contributed by atoms with van der Waals surface area (Å²) in [6.07, 6.45) is 93.3. The van der Waals surface area contributed by atoms with Crippen LogP contribution in [0.4, 0.5) is 0 Å². The van der Waals surface area contributed by atoms with Crippen molar-refractivity contribution in [3.63, 3.8) is 0 Å². The molecule has 1 unspecified atom stereocenters. The third kappa shape index (κ3) is 67.4. The van der Waals surface area contributed by atoms with Crippen LogP contribution in [0.25, 0.3) is 0 Å². The molecule has 0 N–H and O–H groups in total. The zero-order valence-corrected chi connectivity index (χ0v) is 54.5. The Morgan fingerprint density at radius 2 is 0.476 bits per heavy atom. The molecule has 0 aliphatic rings. The van der Waals surface area contributed by atoms with Gasteiger partial charge in [-0.15, -0.1) is 0 Å². The Hall–Kier alpha value is -3.41. The van der Waals surface area contributed by atoms with E-state index in [0.29, 0.717) is 19.3 Å². The summed E-state index contributed by atoms with van der Waals surface area (Å²) in [6, 6.07) is 0. The Labute approximate surface area is 509 Å². The summed E-state index contributed by atoms with van der Waals surface area (Å²) in [7, 11) is 0. The highest BCUT2D eigenvalue weighted by Gasteiger charge is 2.19. The van der Waals surface area contributed by atoms with E-state index in [0.717, 1.165) is 109 Å². The van der Waals surface area contributed by atoms with Crippen molar-refractivity contribution >= 4 is 17.9 Å². The van der Waals surface area contributed by atoms with Gasteiger partial charge < -0.3 is 14.2 Å². The summed E-state index contributed by atoms with van der Waals surface area (Å²) in [5, 5.41) is 0. The van der Waals surface area contributed by atoms with Gasteiger partial charge in [-0.2, -0.15) is 0 Å². The summed E-state index contributed by atoms with van der Waals surface area (Å²) in [4.78, 5) is 38.4. The van der Waals surface area contributed by atoms with E-state index in [2.05, 4.69) is 106 Å². The second kappa shape index (κ2) is 70.1. The lowest BCUT2D eigenvalue weighted by Gasteiger charge is -2.18. The van der Waals surface area contributed by atoms with Gasteiger partial charge in [0.05, 0.1) is 0 Å². The minimum atomic E-state index is -0.793. The van der Waals surface area contributed by atoms with Crippen molar-refractivity contribution in [3.8, 4) is 0 Å². The van der Waals surface area contributed by atoms with Crippen molar-refractivity contribution in [3.05, 3.63) is 85.1 Å². The molecule has 6 nitrogen and oxygen atoms in total. The number of esters is 3. The molecule has 0 heterocycles. The molecule has 0 aromatic carbocycles. The highest BCUT2D eigenvalue weighted by atomic mass is 16.6. The summed E-state index contributed by atoms with van der Waals surface area (Å²) in [5.74, 6) is -0.900. The molecule has 1 atom stereocenters. The molecule has 0 aromatic rings. The van der Waals surface area contributed by atoms with Crippen LogP contribution in [0.2, 0.25) is 0 Å². The van der Waals surface area contributed by atoms with E-state index in [-0.39, 0.29) is 31.1 Å². The van der Waals surface area contributed by atoms with E-state index in [1.807, 2.05) is 0 Å². The van der Waals surface area contributed by atoms with Crippen LogP contribution in [0.15, 0.2) is 85.1 Å². The van der Waals surface area contributed by atoms with E-state index in [1.54, 1.807) is 0 Å². The van der Waals surface area contributed by atoms with Gasteiger partial charge in [-0.05, 0) is 77.0 Å². The average Bonchev–Trinajstić information content (AvgIpc) is 3.47. The quantitative estimate of drug-likeness (QED) is 0.0261. The molecule has 0 saturated heterocycles. The molecule has 82 heavy (non-hydrogen) atoms. The van der Waals surface area contributed by atoms with Crippen LogP contribution in [-0.4, -0.2) is 37.2 Å². The second-order valence-corrected chi connectivity index (χ2v) is 23.8. The van der Waals surface area contributed by atoms with E-state index >= 15 is 0 Å². The lowest BCUT2D eigenvalue weighted by molar-refractivity contribution is -0.167. The first-order chi connectivity index (χ1) is 40.5. The van der Waals surface area contributed by atoms with Crippen LogP contribution < -0.4 is 0 Å². The first-order valence-electron chi connectivity index (χ1n) is 35.6. The second-order valence-electron chi connectivity index (χ2n) is 23.8. The monoisotopic (exact) mass is 1140 g/mol. The predicted molar refractivity (Wildman–Crippen MR) is 358 cm³/mol. The Kier molecular flexibility index (Phi) is 67.2. The van der Waals surface area contributed by atoms with Crippen LogP contribution in [0.5, 0.6) is 0 Å². The molecule has 0 aliphatic carbocycles. The number of ether oxygens (including phenoxy) is 3. The number of carbonyl (C=O) groups excluding carboxylic acids is 3. The van der Waals surface area contributed by atoms with Crippen LogP contribution in [0.1, 0.15) is 361 Å². The standard InChI is InChI=1S/C76H134O6/c1-4-7-10-13-16-19-22-25-27-29-31-33-35-37-38-40-41-43-45-47-49-51-54-57-60-63-66-69-75(78)81-72-73(71-80-74(77)68-65-62-59-56-53-24-21-18-15-12-9-6-3)82-76(79)70-67-64-61-58-55-52-50-48-46-44-42-39-36-34-32-30-28-26-23-20-17-14-11-8-5-2/h8,11,17,20,26,28,32,34,39,42,46,48,52,55,73H,4-7,9-10,12-16,18-19,21-25,27,29-31,33,35-38,40-41,43-45,47,49-51,53-54,56-72H2,1-3H3/b11-8-,20-17-,28-26-,34-32-,42-39-,48-46-,55-52-. The van der Waals surface area contributed by atoms with Gasteiger partial charge in [0.2, 0.25) is 0 Å². The molecule has 0 rings (SSSR count). The van der Waals surface area contributed by atoms with Gasteiger partial charge in [0.25, 0.3) is 0 Å². The minimum Gasteiger partial charge on any atom is -0.462 e. The average molecular weight is 1140 g/mol. The molecule has 0 aliphatic heterocycles. The van der Waals surface area contributed by atoms with E-state index in [4.69, 9.17) is 14.2 Å². The van der Waals surface area contributed by atoms with Gasteiger partial charge in [-0.3, -0.25) is 14.4 Å². The highest BCUT2D eigenvalue weighted by Crippen LogP contribution is 2.18. The molecule has 0 saturated carbocycles. The summed E-state index contributed by atoms with van der Waals surface area (Å²) in [6.45, 7) is 6.55. The molecule has 0 bridgehead atoms. The molecule has 474 valence electrons. The van der Waals surface area contributed by atoms with E-state index in [1.165, 1.54) is 212 Å². The molecule has 0 amide bonds. The lowest BCUT2D eigenvalue weighted by atomic mass is 10.0. The molecular weight excluding hydrogens is 1010 g/mol. The predicted octanol–water partition coefficient (Wildman–Crippen LogP) is 24.6. The number of hydrogen-bond acceptors (Lipinski definition) is 6. The first-order valence-corrected chi connectivity index (χ1v) is 35.6. The third-order valence-corrected chi connectivity index (χ3v) is 15.7. The van der Waals surface area contributed by atoms with Crippen LogP contribution >= 0.6 is 0 Å². The molecule has 0 spiro atoms. The van der Waals surface area contributed by atoms with Crippen LogP contribution in [0, 0.1) is 0 Å². The largest absolute Gasteiger partial charge is 0.462 e. The summed E-state index contributed by atoms with van der Waals surface area (Å²) in [5.41, 5.74) is 0. The molecule has 6 heteroatoms. The minimum absolute atomic E-state index is 0.0858. The Morgan fingerprint density at radius 3 is 0.744 bits per heavy atom. The van der Waals surface area contributed by atoms with Crippen molar-refractivity contribution in [2.45, 2.75) is 367 Å². The Balaban J connectivity index is 4.29. The fourth-order valence-electron chi connectivity index (χ4n) is 10.4. The van der Waals surface area contributed by atoms with Crippen molar-refractivity contribution in [2.75, 3.05) is 13.2 Å². The van der Waals surface area contributed by atoms with Gasteiger partial charge in [-0.1, -0.05) is 350 Å². The van der Waals surface area contributed by atoms with Gasteiger partial charge in [-0.25, -0.2) is 0 Å². The lowest BCUT2D eigenvalue weighted by Crippen LogP contribution is -2.30. The molecule has 0 fully saturated rings. The fourth-order valence-corrected chi connectivity index (χ4v) is 10.4. The maximum atomic E-state index is 12.9. The molecular formula is C76H134O6. The van der Waals surface area contributed by atoms with Crippen molar-refractivity contribution in [1.29, 1.82) is 0 Å². The van der Waals surface area contributed by atoms with Gasteiger partial charge in [0, 0.05) is 19.3 Å². The van der Waals surface area contributed by atoms with Crippen molar-refractivity contribution < 1.29 is 28.6 Å². The topological polar surface area (TPSA) is 78.9 Å². The molecule has 0 radical (unpaired) electrons. The summed E-state index contributed by atoms with van der Waals surface area (Å²) < 4.78 is 16.9. The Bertz CT molecular complexity index is 1550. The third-order valence-electron chi connectivity index (χ3n) is 15.7. The molecule has 0 aromatic heterocycles. The van der Waals surface area contributed by atoms with Crippen molar-refractivity contribution in [1.82, 2.24) is 0 Å². The van der Waals surface area contributed by atoms with Crippen LogP contribution in [-0.2, 0) is 28.6 Å². The van der Waals surface area contributed by atoms with Gasteiger partial charge >= 0.3 is 17.9 Å². The SMILES string of the molecule is CC/C=C\C/C=C\C/C=C\C/C=C\C/C=C\C/C=C\C/C=C\CCCCCC(=O)OC(COC(=O)CCCCCCCCCCCCCC)COC(=O)CCCCCCCCCCCCCCCCCCCCCCCCCCCCC. The number of carbonyl (C=O) groups is 3. The fraction of sp³-hybridized carbons (Fsp3) is 0.776. The number of allylic oxidation sites excluding steroid dienone is 14. The summed E-state index contributed by atoms with van der Waals surface area (Å²) >= 11 is 0. The maximum absolute atomic E-state index is 12.9. The zero-order chi connectivity index (χ0) is 59.2. The Morgan fingerprint density at radius 1 is 0.256 bits per heavy atom. The van der Waals surface area contributed by atoms with E-state index < -0.39 is 6.10 Å². The van der Waals surface area contributed by atoms with Gasteiger partial charge in [0.1, 0.15) is 13.2 Å². The van der Waals surface area contributed by atoms with Gasteiger partial charge in [0.15, 0.2) is 6.10 Å². The first kappa shape index (κ1) is 78.6. The number of hydrogen-bond donors (Lipinski definition) is 0. The maximum Gasteiger partial charge on any atom is 0.306 e. The zero-order valence-electron chi connectivity index (χ0n) is 54.5. The van der Waals surface area contributed by atoms with Crippen LogP contribution in [0.3, 0.4) is 0 Å². The smallest absolute Gasteiger partial charge is 0.306 e. The normalized spacial score (nSPS) is 12.6. The van der Waals surface area contributed by atoms with Crippen molar-refractivity contribution in [2.24, 2.45) is 0 Å². The highest BCUT2D eigenvalue weighted by molar-refractivity contribution is 5.71. The number of unbranched alkanes of at least 4 members (excludes halogenated alkanes) is 40. The number of rotatable bonds is 65. The van der Waals surface area contributed by atoms with E-state index in [9.17, 15) is 14.4 Å².